The fourth-order valence-corrected chi connectivity index (χ4v) is 5.62. The van der Waals surface area contributed by atoms with Gasteiger partial charge in [0.1, 0.15) is 12.6 Å². The molecule has 6 nitrogen and oxygen atoms in total. The smallest absolute Gasteiger partial charge is 0.417 e. The van der Waals surface area contributed by atoms with Crippen molar-refractivity contribution in [3.05, 3.63) is 82.2 Å². The summed E-state index contributed by atoms with van der Waals surface area (Å²) in [5.74, 6) is -1.24. The number of halogens is 3. The number of hydrogen-bond acceptors (Lipinski definition) is 4. The minimum Gasteiger partial charge on any atom is -0.479 e. The molecule has 5 rings (SSSR count). The molecule has 2 aromatic carbocycles. The summed E-state index contributed by atoms with van der Waals surface area (Å²) < 4.78 is 40.7. The number of rotatable bonds is 5. The van der Waals surface area contributed by atoms with Crippen LogP contribution in [0.5, 0.6) is 0 Å². The molecule has 0 saturated carbocycles. The molecule has 1 saturated heterocycles. The van der Waals surface area contributed by atoms with Crippen LogP contribution in [0.2, 0.25) is 0 Å². The first kappa shape index (κ1) is 21.5. The van der Waals surface area contributed by atoms with Crippen molar-refractivity contribution in [2.45, 2.75) is 24.9 Å². The van der Waals surface area contributed by atoms with E-state index in [1.54, 1.807) is 6.07 Å². The van der Waals surface area contributed by atoms with E-state index in [4.69, 9.17) is 4.84 Å². The van der Waals surface area contributed by atoms with E-state index in [2.05, 4.69) is 0 Å². The Bertz CT molecular complexity index is 1230. The number of aliphatic carboxylic acids is 1. The van der Waals surface area contributed by atoms with Crippen LogP contribution in [0.15, 0.2) is 60.7 Å². The summed E-state index contributed by atoms with van der Waals surface area (Å²) in [6, 6.07) is 13.4. The third-order valence-corrected chi connectivity index (χ3v) is 6.98. The highest BCUT2D eigenvalue weighted by Gasteiger charge is 2.52. The van der Waals surface area contributed by atoms with Crippen molar-refractivity contribution >= 4 is 23.3 Å². The highest BCUT2D eigenvalue weighted by Crippen LogP contribution is 2.50. The standard InChI is InChI=1S/C23H17F3N2O4S/c24-23(25,26)16-9-5-4-8-14(16)18-10-15-17-11-27(19(21(29)30)20(15)33-18)22(31)28(17)32-12-13-6-2-1-3-7-13/h1-10,17,19H,11-12H2,(H,29,30). The first-order valence-corrected chi connectivity index (χ1v) is 10.9. The van der Waals surface area contributed by atoms with Crippen molar-refractivity contribution in [3.8, 4) is 10.4 Å². The quantitative estimate of drug-likeness (QED) is 0.532. The molecule has 33 heavy (non-hydrogen) atoms. The van der Waals surface area contributed by atoms with Gasteiger partial charge in [0.15, 0.2) is 6.04 Å². The predicted molar refractivity (Wildman–Crippen MR) is 113 cm³/mol. The number of carboxylic acids is 1. The van der Waals surface area contributed by atoms with Crippen LogP contribution in [-0.2, 0) is 22.4 Å². The molecule has 2 atom stereocenters. The highest BCUT2D eigenvalue weighted by molar-refractivity contribution is 7.16. The minimum atomic E-state index is -4.56. The Labute approximate surface area is 190 Å². The van der Waals surface area contributed by atoms with Crippen molar-refractivity contribution in [2.75, 3.05) is 6.54 Å². The Kier molecular flexibility index (Phi) is 5.13. The lowest BCUT2D eigenvalue weighted by atomic mass is 9.97. The number of nitrogens with zero attached hydrogens (tertiary/aromatic N) is 2. The lowest BCUT2D eigenvalue weighted by Crippen LogP contribution is -2.37. The van der Waals surface area contributed by atoms with Crippen LogP contribution in [0.3, 0.4) is 0 Å². The number of urea groups is 1. The third-order valence-electron chi connectivity index (χ3n) is 5.74. The van der Waals surface area contributed by atoms with Crippen LogP contribution < -0.4 is 0 Å². The largest absolute Gasteiger partial charge is 0.479 e. The van der Waals surface area contributed by atoms with Crippen molar-refractivity contribution in [1.29, 1.82) is 0 Å². The maximum Gasteiger partial charge on any atom is 0.417 e. The number of carboxylic acid groups (broad SMARTS) is 1. The molecule has 0 radical (unpaired) electrons. The summed E-state index contributed by atoms with van der Waals surface area (Å²) in [4.78, 5) is 32.6. The van der Waals surface area contributed by atoms with Gasteiger partial charge in [0.05, 0.1) is 12.1 Å². The van der Waals surface area contributed by atoms with E-state index >= 15 is 0 Å². The van der Waals surface area contributed by atoms with Crippen molar-refractivity contribution < 1.29 is 32.7 Å². The zero-order valence-electron chi connectivity index (χ0n) is 17.0. The maximum atomic E-state index is 13.6. The second-order valence-corrected chi connectivity index (χ2v) is 8.83. The van der Waals surface area contributed by atoms with E-state index < -0.39 is 35.8 Å². The summed E-state index contributed by atoms with van der Waals surface area (Å²) in [7, 11) is 0. The molecule has 170 valence electrons. The number of fused-ring (bicyclic) bond motifs is 4. The van der Waals surface area contributed by atoms with Gasteiger partial charge >= 0.3 is 18.2 Å². The second-order valence-electron chi connectivity index (χ2n) is 7.75. The van der Waals surface area contributed by atoms with Gasteiger partial charge in [0.25, 0.3) is 0 Å². The Hall–Kier alpha value is -3.37. The molecule has 1 N–H and O–H groups in total. The lowest BCUT2D eigenvalue weighted by molar-refractivity contribution is -0.143. The average Bonchev–Trinajstić information content (AvgIpc) is 3.34. The summed E-state index contributed by atoms with van der Waals surface area (Å²) in [5, 5.41) is 11.0. The molecule has 2 aliphatic heterocycles. The van der Waals surface area contributed by atoms with Gasteiger partial charge in [-0.3, -0.25) is 4.84 Å². The van der Waals surface area contributed by atoms with Crippen LogP contribution >= 0.6 is 11.3 Å². The van der Waals surface area contributed by atoms with Crippen molar-refractivity contribution in [1.82, 2.24) is 9.96 Å². The Morgan fingerprint density at radius 3 is 2.52 bits per heavy atom. The van der Waals surface area contributed by atoms with Crippen molar-refractivity contribution in [2.24, 2.45) is 0 Å². The van der Waals surface area contributed by atoms with Gasteiger partial charge in [-0.25, -0.2) is 9.59 Å². The van der Waals surface area contributed by atoms with Crippen LogP contribution in [0, 0.1) is 0 Å². The van der Waals surface area contributed by atoms with E-state index in [-0.39, 0.29) is 18.7 Å². The Balaban J connectivity index is 1.55. The molecule has 0 spiro atoms. The molecular formula is C23H17F3N2O4S. The first-order valence-electron chi connectivity index (χ1n) is 10.1. The SMILES string of the molecule is O=C(O)C1c2sc(-c3ccccc3C(F)(F)F)cc2C2CN1C(=O)N2OCc1ccccc1. The first-order chi connectivity index (χ1) is 15.8. The summed E-state index contributed by atoms with van der Waals surface area (Å²) in [6.07, 6.45) is -4.56. The predicted octanol–water partition coefficient (Wildman–Crippen LogP) is 5.48. The van der Waals surface area contributed by atoms with Gasteiger partial charge in [-0.05, 0) is 23.3 Å². The molecule has 3 heterocycles. The zero-order chi connectivity index (χ0) is 23.3. The lowest BCUT2D eigenvalue weighted by Gasteiger charge is -2.27. The second kappa shape index (κ2) is 7.89. The topological polar surface area (TPSA) is 70.1 Å². The fraction of sp³-hybridized carbons (Fsp3) is 0.217. The fourth-order valence-electron chi connectivity index (χ4n) is 4.26. The van der Waals surface area contributed by atoms with E-state index in [9.17, 15) is 27.9 Å². The van der Waals surface area contributed by atoms with E-state index in [1.165, 1.54) is 23.1 Å². The summed E-state index contributed by atoms with van der Waals surface area (Å²) in [6.45, 7) is 0.173. The van der Waals surface area contributed by atoms with Gasteiger partial charge in [-0.1, -0.05) is 48.5 Å². The number of carbonyl (C=O) groups is 2. The van der Waals surface area contributed by atoms with Crippen LogP contribution in [0.25, 0.3) is 10.4 Å². The number of thiophene rings is 1. The molecule has 10 heteroatoms. The molecule has 1 aromatic heterocycles. The number of hydrogen-bond donors (Lipinski definition) is 1. The Morgan fingerprint density at radius 1 is 1.12 bits per heavy atom. The summed E-state index contributed by atoms with van der Waals surface area (Å²) in [5.41, 5.74) is 0.494. The third kappa shape index (κ3) is 3.65. The van der Waals surface area contributed by atoms with Crippen LogP contribution in [0.1, 0.15) is 33.7 Å². The van der Waals surface area contributed by atoms with Gasteiger partial charge in [-0.2, -0.15) is 18.2 Å². The number of alkyl halides is 3. The van der Waals surface area contributed by atoms with Crippen molar-refractivity contribution in [3.63, 3.8) is 0 Å². The molecule has 1 fully saturated rings. The zero-order valence-corrected chi connectivity index (χ0v) is 17.8. The number of benzene rings is 2. The van der Waals surface area contributed by atoms with Gasteiger partial charge in [0.2, 0.25) is 0 Å². The minimum absolute atomic E-state index is 0.0255. The van der Waals surface area contributed by atoms with E-state index in [0.717, 1.165) is 28.0 Å². The summed E-state index contributed by atoms with van der Waals surface area (Å²) >= 11 is 0.964. The number of amides is 2. The van der Waals surface area contributed by atoms with E-state index in [0.29, 0.717) is 15.3 Å². The van der Waals surface area contributed by atoms with Crippen LogP contribution in [-0.4, -0.2) is 33.6 Å². The molecular weight excluding hydrogens is 457 g/mol. The molecule has 2 unspecified atom stereocenters. The molecule has 2 aliphatic rings. The number of carbonyl (C=O) groups excluding carboxylic acids is 1. The maximum absolute atomic E-state index is 13.6. The highest BCUT2D eigenvalue weighted by atomic mass is 32.1. The molecule has 0 aliphatic carbocycles. The average molecular weight is 474 g/mol. The monoisotopic (exact) mass is 474 g/mol. The van der Waals surface area contributed by atoms with Gasteiger partial charge in [-0.15, -0.1) is 11.3 Å². The van der Waals surface area contributed by atoms with Crippen LogP contribution in [0.4, 0.5) is 18.0 Å². The normalized spacial score (nSPS) is 19.7. The molecule has 3 aromatic rings. The van der Waals surface area contributed by atoms with Gasteiger partial charge < -0.3 is 10.0 Å². The Morgan fingerprint density at radius 2 is 1.82 bits per heavy atom. The van der Waals surface area contributed by atoms with Gasteiger partial charge in [0, 0.05) is 15.3 Å². The molecule has 2 bridgehead atoms. The number of hydroxylamine groups is 2. The molecule has 2 amide bonds. The van der Waals surface area contributed by atoms with E-state index in [1.807, 2.05) is 30.3 Å².